The molecule has 1 atom stereocenters. The smallest absolute Gasteiger partial charge is 0.263 e. The topological polar surface area (TPSA) is 79.4 Å². The summed E-state index contributed by atoms with van der Waals surface area (Å²) < 4.78 is 6.61. The summed E-state index contributed by atoms with van der Waals surface area (Å²) in [5, 5.41) is 8.67. The first kappa shape index (κ1) is 22.9. The number of ether oxygens (including phenoxy) is 1. The van der Waals surface area contributed by atoms with Gasteiger partial charge in [0.05, 0.1) is 28.7 Å². The summed E-state index contributed by atoms with van der Waals surface area (Å²) >= 11 is 1.53. The van der Waals surface area contributed by atoms with Crippen molar-refractivity contribution >= 4 is 55.8 Å². The fourth-order valence-electron chi connectivity index (χ4n) is 5.16. The van der Waals surface area contributed by atoms with Gasteiger partial charge in [-0.05, 0) is 62.2 Å². The van der Waals surface area contributed by atoms with Crippen LogP contribution in [-0.2, 0) is 4.74 Å². The zero-order valence-corrected chi connectivity index (χ0v) is 21.3. The molecule has 1 fully saturated rings. The molecule has 0 spiro atoms. The maximum absolute atomic E-state index is 12.7. The Morgan fingerprint density at radius 1 is 1.17 bits per heavy atom. The third-order valence-corrected chi connectivity index (χ3v) is 8.28. The second-order valence-electron chi connectivity index (χ2n) is 9.53. The molecule has 8 heteroatoms. The molecule has 7 nitrogen and oxygen atoms in total. The average Bonchev–Trinajstić information content (AvgIpc) is 3.24. The largest absolute Gasteiger partial charge is 0.381 e. The quantitative estimate of drug-likeness (QED) is 0.396. The predicted molar refractivity (Wildman–Crippen MR) is 148 cm³/mol. The molecule has 2 N–H and O–H groups in total. The van der Waals surface area contributed by atoms with Crippen LogP contribution in [0.2, 0.25) is 0 Å². The fraction of sp³-hybridized carbons (Fsp3) is 0.321. The van der Waals surface area contributed by atoms with Crippen LogP contribution in [-0.4, -0.2) is 54.8 Å². The van der Waals surface area contributed by atoms with Gasteiger partial charge in [0.2, 0.25) is 0 Å². The van der Waals surface area contributed by atoms with Crippen molar-refractivity contribution in [2.75, 3.05) is 37.0 Å². The number of fused-ring (bicyclic) bond motifs is 5. The number of thiophene rings is 1. The van der Waals surface area contributed by atoms with Crippen LogP contribution in [0.3, 0.4) is 0 Å². The van der Waals surface area contributed by atoms with Crippen LogP contribution < -0.4 is 15.5 Å². The molecule has 5 heterocycles. The second kappa shape index (κ2) is 9.19. The van der Waals surface area contributed by atoms with Crippen molar-refractivity contribution in [3.63, 3.8) is 0 Å². The van der Waals surface area contributed by atoms with Crippen LogP contribution in [0, 0.1) is 0 Å². The molecule has 36 heavy (non-hydrogen) atoms. The van der Waals surface area contributed by atoms with Gasteiger partial charge in [-0.1, -0.05) is 6.58 Å². The third-order valence-electron chi connectivity index (χ3n) is 7.13. The molecule has 1 amide bonds. The van der Waals surface area contributed by atoms with Crippen LogP contribution in [0.5, 0.6) is 0 Å². The minimum atomic E-state index is -0.0165. The summed E-state index contributed by atoms with van der Waals surface area (Å²) in [6.07, 6.45) is 4.09. The van der Waals surface area contributed by atoms with Crippen molar-refractivity contribution in [3.05, 3.63) is 53.5 Å². The minimum Gasteiger partial charge on any atom is -0.381 e. The number of piperidine rings is 1. The van der Waals surface area contributed by atoms with Gasteiger partial charge < -0.3 is 20.3 Å². The van der Waals surface area contributed by atoms with Crippen LogP contribution in [0.4, 0.5) is 11.5 Å². The zero-order valence-electron chi connectivity index (χ0n) is 20.5. The number of carbonyl (C=O) groups excluding carboxylic acids is 1. The molecule has 0 bridgehead atoms. The van der Waals surface area contributed by atoms with E-state index >= 15 is 0 Å². The normalized spacial score (nSPS) is 18.6. The molecule has 1 aromatic carbocycles. The molecule has 4 aromatic rings. The SMILES string of the molecule is C=Cc1cc(-c2ccc3c(ccc4sc5c(c43)NC[C@@H](C)NC5=O)n2)cc(N2CCC(OC)CC2)n1. The molecule has 1 saturated heterocycles. The number of hydrogen-bond acceptors (Lipinski definition) is 7. The summed E-state index contributed by atoms with van der Waals surface area (Å²) in [5.41, 5.74) is 4.56. The monoisotopic (exact) mass is 499 g/mol. The van der Waals surface area contributed by atoms with Gasteiger partial charge in [0.25, 0.3) is 5.91 Å². The maximum Gasteiger partial charge on any atom is 0.263 e. The Hall–Kier alpha value is -3.49. The second-order valence-corrected chi connectivity index (χ2v) is 10.6. The first-order valence-corrected chi connectivity index (χ1v) is 13.2. The zero-order chi connectivity index (χ0) is 24.8. The Kier molecular flexibility index (Phi) is 5.85. The highest BCUT2D eigenvalue weighted by Gasteiger charge is 2.25. The van der Waals surface area contributed by atoms with E-state index in [1.807, 2.05) is 19.1 Å². The molecule has 3 aromatic heterocycles. The predicted octanol–water partition coefficient (Wildman–Crippen LogP) is 5.31. The summed E-state index contributed by atoms with van der Waals surface area (Å²) in [7, 11) is 1.78. The van der Waals surface area contributed by atoms with Gasteiger partial charge in [-0.25, -0.2) is 9.97 Å². The molecular weight excluding hydrogens is 470 g/mol. The Morgan fingerprint density at radius 2 is 2.00 bits per heavy atom. The molecule has 0 radical (unpaired) electrons. The molecular formula is C28H29N5O2S. The van der Waals surface area contributed by atoms with Gasteiger partial charge in [0.15, 0.2) is 0 Å². The van der Waals surface area contributed by atoms with E-state index in [2.05, 4.69) is 46.4 Å². The van der Waals surface area contributed by atoms with Gasteiger partial charge >= 0.3 is 0 Å². The lowest BCUT2D eigenvalue weighted by molar-refractivity contribution is 0.0818. The van der Waals surface area contributed by atoms with E-state index in [-0.39, 0.29) is 11.9 Å². The van der Waals surface area contributed by atoms with E-state index in [0.717, 1.165) is 80.3 Å². The van der Waals surface area contributed by atoms with Gasteiger partial charge in [-0.15, -0.1) is 11.3 Å². The number of hydrogen-bond donors (Lipinski definition) is 2. The van der Waals surface area contributed by atoms with Crippen molar-refractivity contribution in [1.82, 2.24) is 15.3 Å². The number of amides is 1. The highest BCUT2D eigenvalue weighted by atomic mass is 32.1. The number of nitrogens with zero attached hydrogens (tertiary/aromatic N) is 3. The van der Waals surface area contributed by atoms with E-state index in [0.29, 0.717) is 12.6 Å². The van der Waals surface area contributed by atoms with E-state index in [1.165, 1.54) is 11.3 Å². The van der Waals surface area contributed by atoms with Crippen molar-refractivity contribution < 1.29 is 9.53 Å². The summed E-state index contributed by atoms with van der Waals surface area (Å²) in [6.45, 7) is 8.49. The number of carbonyl (C=O) groups is 1. The number of pyridine rings is 2. The van der Waals surface area contributed by atoms with E-state index < -0.39 is 0 Å². The van der Waals surface area contributed by atoms with E-state index in [1.54, 1.807) is 13.2 Å². The standard InChI is InChI=1S/C28H29N5O2S/c1-4-18-13-17(14-24(31-18)33-11-9-19(35-3)10-12-33)21-6-5-20-22(32-21)7-8-23-25(20)26-27(36-23)28(34)30-16(2)15-29-26/h4-8,13-14,16,19,29H,1,9-12,15H2,2-3H3,(H,30,34)/t16-/m1/s1. The first-order valence-electron chi connectivity index (χ1n) is 12.4. The summed E-state index contributed by atoms with van der Waals surface area (Å²) in [4.78, 5) is 25.6. The highest BCUT2D eigenvalue weighted by Crippen LogP contribution is 2.41. The third kappa shape index (κ3) is 4.00. The number of aromatic nitrogens is 2. The molecule has 184 valence electrons. The Morgan fingerprint density at radius 3 is 2.78 bits per heavy atom. The lowest BCUT2D eigenvalue weighted by Gasteiger charge is -2.32. The average molecular weight is 500 g/mol. The van der Waals surface area contributed by atoms with Crippen molar-refractivity contribution in [2.24, 2.45) is 0 Å². The molecule has 6 rings (SSSR count). The van der Waals surface area contributed by atoms with E-state index in [9.17, 15) is 4.79 Å². The van der Waals surface area contributed by atoms with Crippen LogP contribution >= 0.6 is 11.3 Å². The Labute approximate surface area is 214 Å². The maximum atomic E-state index is 12.7. The summed E-state index contributed by atoms with van der Waals surface area (Å²) in [6, 6.07) is 12.5. The highest BCUT2D eigenvalue weighted by molar-refractivity contribution is 7.21. The van der Waals surface area contributed by atoms with E-state index in [4.69, 9.17) is 14.7 Å². The first-order chi connectivity index (χ1) is 17.5. The van der Waals surface area contributed by atoms with Gasteiger partial charge in [0.1, 0.15) is 10.7 Å². The Bertz CT molecular complexity index is 1490. The lowest BCUT2D eigenvalue weighted by Crippen LogP contribution is -2.37. The van der Waals surface area contributed by atoms with Crippen molar-refractivity contribution in [3.8, 4) is 11.3 Å². The van der Waals surface area contributed by atoms with Crippen molar-refractivity contribution in [1.29, 1.82) is 0 Å². The lowest BCUT2D eigenvalue weighted by atomic mass is 10.0. The van der Waals surface area contributed by atoms with Crippen LogP contribution in [0.15, 0.2) is 43.0 Å². The number of nitrogens with one attached hydrogen (secondary N) is 2. The summed E-state index contributed by atoms with van der Waals surface area (Å²) in [5.74, 6) is 0.930. The number of benzene rings is 1. The Balaban J connectivity index is 1.41. The molecule has 0 saturated carbocycles. The van der Waals surface area contributed by atoms with Gasteiger partial charge in [-0.2, -0.15) is 0 Å². The fourth-order valence-corrected chi connectivity index (χ4v) is 6.26. The van der Waals surface area contributed by atoms with Crippen LogP contribution in [0.25, 0.3) is 38.3 Å². The number of anilines is 2. The molecule has 0 unspecified atom stereocenters. The molecule has 2 aliphatic rings. The number of rotatable bonds is 4. The number of methoxy groups -OCH3 is 1. The van der Waals surface area contributed by atoms with Crippen LogP contribution in [0.1, 0.15) is 35.1 Å². The van der Waals surface area contributed by atoms with Gasteiger partial charge in [0, 0.05) is 53.8 Å². The molecule has 0 aliphatic carbocycles. The van der Waals surface area contributed by atoms with Gasteiger partial charge in [-0.3, -0.25) is 4.79 Å². The minimum absolute atomic E-state index is 0.0165. The van der Waals surface area contributed by atoms with Crippen molar-refractivity contribution in [2.45, 2.75) is 31.9 Å². The molecule has 2 aliphatic heterocycles.